The maximum atomic E-state index is 13.1. The average Bonchev–Trinajstić information content (AvgIpc) is 2.64. The van der Waals surface area contributed by atoms with Crippen LogP contribution in [-0.4, -0.2) is 4.98 Å². The average molecular weight is 456 g/mol. The fourth-order valence-corrected chi connectivity index (χ4v) is 4.33. The topological polar surface area (TPSA) is 34.1 Å². The first-order valence-corrected chi connectivity index (χ1v) is 10.9. The Morgan fingerprint density at radius 3 is 2.34 bits per heavy atom. The largest absolute Gasteiger partial charge is 0.454 e. The predicted octanol–water partition coefficient (Wildman–Crippen LogP) is 6.55. The van der Waals surface area contributed by atoms with E-state index in [1.54, 1.807) is 12.3 Å². The minimum Gasteiger partial charge on any atom is -0.454 e. The van der Waals surface area contributed by atoms with Crippen LogP contribution in [0.2, 0.25) is 0 Å². The van der Waals surface area contributed by atoms with Crippen LogP contribution < -0.4 is 14.8 Å². The van der Waals surface area contributed by atoms with E-state index < -0.39 is 11.7 Å². The minimum atomic E-state index is -4.43. The molecule has 1 heterocycles. The summed E-state index contributed by atoms with van der Waals surface area (Å²) in [4.78, 5) is 4.05. The normalized spacial score (nSPS) is 11.3. The van der Waals surface area contributed by atoms with Gasteiger partial charge in [-0.3, -0.25) is 4.98 Å². The molecule has 154 valence electrons. The molecule has 2 unspecified atom stereocenters. The molecule has 3 aromatic rings. The number of ether oxygens (including phenoxy) is 1. The highest BCUT2D eigenvalue weighted by molar-refractivity contribution is 8.52. The first kappa shape index (κ1) is 23.5. The Balaban J connectivity index is 0.00000300. The van der Waals surface area contributed by atoms with E-state index in [4.69, 9.17) is 4.74 Å². The van der Waals surface area contributed by atoms with Crippen LogP contribution in [0, 0.1) is 13.8 Å². The molecule has 0 bridgehead atoms. The summed E-state index contributed by atoms with van der Waals surface area (Å²) in [5.74, 6) is 0.774. The number of rotatable bonds is 6. The van der Waals surface area contributed by atoms with Crippen LogP contribution in [0.1, 0.15) is 16.7 Å². The van der Waals surface area contributed by atoms with E-state index >= 15 is 0 Å². The van der Waals surface area contributed by atoms with E-state index in [1.165, 1.54) is 23.8 Å². The van der Waals surface area contributed by atoms with E-state index in [0.29, 0.717) is 19.3 Å². The molecule has 2 atom stereocenters. The standard InChI is InChI=1S/C20H18F3N2OPS.H3P/c1-13-3-6-17(7-4-13)27-28-25-18-10-15(20(21,22)23)5-8-19(18)26-16-9-14(2)11-24-12-16;/h3-12,25,27H,1-2H3;1H3. The zero-order valence-corrected chi connectivity index (χ0v) is 19.1. The number of nitrogens with zero attached hydrogens (tertiary/aromatic N) is 1. The zero-order valence-electron chi connectivity index (χ0n) is 15.9. The molecule has 0 aliphatic rings. The predicted molar refractivity (Wildman–Crippen MR) is 122 cm³/mol. The van der Waals surface area contributed by atoms with Crippen LogP contribution in [0.25, 0.3) is 0 Å². The second-order valence-corrected chi connectivity index (χ2v) is 8.60. The van der Waals surface area contributed by atoms with Gasteiger partial charge in [0.1, 0.15) is 5.75 Å². The Hall–Kier alpha value is -1.81. The number of aromatic nitrogens is 1. The number of hydrogen-bond acceptors (Lipinski definition) is 4. The van der Waals surface area contributed by atoms with Crippen LogP contribution in [0.4, 0.5) is 18.9 Å². The van der Waals surface area contributed by atoms with Crippen molar-refractivity contribution < 1.29 is 17.9 Å². The maximum Gasteiger partial charge on any atom is 0.416 e. The Labute approximate surface area is 177 Å². The number of hydrogen-bond donors (Lipinski definition) is 1. The molecule has 0 saturated carbocycles. The maximum absolute atomic E-state index is 13.1. The molecule has 0 spiro atoms. The van der Waals surface area contributed by atoms with Gasteiger partial charge in [-0.1, -0.05) is 29.8 Å². The summed E-state index contributed by atoms with van der Waals surface area (Å²) in [6.45, 7) is 3.87. The number of aryl methyl sites for hydroxylation is 2. The lowest BCUT2D eigenvalue weighted by Gasteiger charge is -2.15. The van der Waals surface area contributed by atoms with E-state index in [-0.39, 0.29) is 15.6 Å². The number of nitrogens with one attached hydrogen (secondary N) is 1. The lowest BCUT2D eigenvalue weighted by molar-refractivity contribution is -0.137. The second kappa shape index (κ2) is 10.3. The summed E-state index contributed by atoms with van der Waals surface area (Å²) < 4.78 is 48.1. The quantitative estimate of drug-likeness (QED) is 0.337. The third-order valence-electron chi connectivity index (χ3n) is 3.77. The Morgan fingerprint density at radius 2 is 1.69 bits per heavy atom. The highest BCUT2D eigenvalue weighted by Gasteiger charge is 2.31. The van der Waals surface area contributed by atoms with Crippen molar-refractivity contribution in [3.63, 3.8) is 0 Å². The van der Waals surface area contributed by atoms with Crippen molar-refractivity contribution in [2.24, 2.45) is 0 Å². The second-order valence-electron chi connectivity index (χ2n) is 6.18. The number of alkyl halides is 3. The highest BCUT2D eigenvalue weighted by atomic mass is 32.7. The van der Waals surface area contributed by atoms with Gasteiger partial charge in [-0.05, 0) is 68.3 Å². The number of pyridine rings is 1. The zero-order chi connectivity index (χ0) is 20.1. The monoisotopic (exact) mass is 456 g/mol. The van der Waals surface area contributed by atoms with Gasteiger partial charge in [0.15, 0.2) is 5.75 Å². The molecular weight excluding hydrogens is 435 g/mol. The highest BCUT2D eigenvalue weighted by Crippen LogP contribution is 2.40. The molecule has 0 fully saturated rings. The van der Waals surface area contributed by atoms with Crippen LogP contribution >= 0.6 is 29.2 Å². The van der Waals surface area contributed by atoms with Gasteiger partial charge in [-0.25, -0.2) is 0 Å². The lowest BCUT2D eigenvalue weighted by Crippen LogP contribution is -2.05. The van der Waals surface area contributed by atoms with Crippen molar-refractivity contribution in [3.05, 3.63) is 77.6 Å². The van der Waals surface area contributed by atoms with Crippen molar-refractivity contribution in [1.29, 1.82) is 0 Å². The van der Waals surface area contributed by atoms with Gasteiger partial charge >= 0.3 is 6.18 Å². The van der Waals surface area contributed by atoms with Crippen LogP contribution in [-0.2, 0) is 6.18 Å². The van der Waals surface area contributed by atoms with E-state index in [0.717, 1.165) is 28.6 Å². The molecule has 0 radical (unpaired) electrons. The SMILES string of the molecule is Cc1ccc(PSNc2cc(C(F)(F)F)ccc2Oc2cncc(C)c2)cc1.P. The molecule has 1 aromatic heterocycles. The van der Waals surface area contributed by atoms with Crippen LogP contribution in [0.3, 0.4) is 0 Å². The van der Waals surface area contributed by atoms with Gasteiger partial charge in [0.25, 0.3) is 0 Å². The van der Waals surface area contributed by atoms with Crippen molar-refractivity contribution in [3.8, 4) is 11.5 Å². The molecule has 0 aliphatic carbocycles. The van der Waals surface area contributed by atoms with Gasteiger partial charge in [0.05, 0.1) is 17.4 Å². The summed E-state index contributed by atoms with van der Waals surface area (Å²) in [6, 6.07) is 13.2. The summed E-state index contributed by atoms with van der Waals surface area (Å²) in [5.41, 5.74) is 1.59. The smallest absolute Gasteiger partial charge is 0.416 e. The third kappa shape index (κ3) is 6.88. The van der Waals surface area contributed by atoms with E-state index in [1.807, 2.05) is 38.1 Å². The molecule has 2 aromatic carbocycles. The van der Waals surface area contributed by atoms with Crippen molar-refractivity contribution >= 4 is 40.2 Å². The van der Waals surface area contributed by atoms with Gasteiger partial charge in [0, 0.05) is 6.20 Å². The fraction of sp³-hybridized carbons (Fsp3) is 0.150. The molecule has 0 amide bonds. The molecule has 9 heteroatoms. The summed E-state index contributed by atoms with van der Waals surface area (Å²) >= 11 is 1.33. The van der Waals surface area contributed by atoms with Crippen LogP contribution in [0.5, 0.6) is 11.5 Å². The molecule has 29 heavy (non-hydrogen) atoms. The summed E-state index contributed by atoms with van der Waals surface area (Å²) in [5, 5.41) is 1.10. The Morgan fingerprint density at radius 1 is 0.966 bits per heavy atom. The molecule has 3 rings (SSSR count). The van der Waals surface area contributed by atoms with Gasteiger partial charge in [-0.2, -0.15) is 23.1 Å². The molecular formula is C20H21F3N2OP2S. The Bertz CT molecular complexity index is 953. The number of anilines is 1. The fourth-order valence-electron chi connectivity index (χ4n) is 2.35. The third-order valence-corrected chi connectivity index (χ3v) is 6.08. The Kier molecular flexibility index (Phi) is 8.33. The minimum absolute atomic E-state index is 0. The van der Waals surface area contributed by atoms with Crippen LogP contribution in [0.15, 0.2) is 60.9 Å². The van der Waals surface area contributed by atoms with Crippen molar-refractivity contribution in [2.75, 3.05) is 4.72 Å². The summed E-state index contributed by atoms with van der Waals surface area (Å²) in [7, 11) is 0.329. The van der Waals surface area contributed by atoms with E-state index in [2.05, 4.69) is 9.71 Å². The number of halogens is 3. The van der Waals surface area contributed by atoms with Crippen molar-refractivity contribution in [2.45, 2.75) is 20.0 Å². The first-order chi connectivity index (χ1) is 13.3. The lowest BCUT2D eigenvalue weighted by atomic mass is 10.2. The number of benzene rings is 2. The van der Waals surface area contributed by atoms with Crippen molar-refractivity contribution in [1.82, 2.24) is 4.98 Å². The van der Waals surface area contributed by atoms with Gasteiger partial charge < -0.3 is 9.46 Å². The van der Waals surface area contributed by atoms with Gasteiger partial charge in [0.2, 0.25) is 0 Å². The molecule has 0 saturated heterocycles. The first-order valence-electron chi connectivity index (χ1n) is 8.36. The molecule has 1 N–H and O–H groups in total. The summed E-state index contributed by atoms with van der Waals surface area (Å²) in [6.07, 6.45) is -1.23. The van der Waals surface area contributed by atoms with E-state index in [9.17, 15) is 13.2 Å². The van der Waals surface area contributed by atoms with Gasteiger partial charge in [-0.15, -0.1) is 0 Å². The molecule has 0 aliphatic heterocycles. The molecule has 3 nitrogen and oxygen atoms in total.